The molecule has 4 heterocycles. The van der Waals surface area contributed by atoms with E-state index in [4.69, 9.17) is 26.1 Å². The Hall–Kier alpha value is -1.91. The lowest BCUT2D eigenvalue weighted by Gasteiger charge is -2.53. The van der Waals surface area contributed by atoms with Crippen LogP contribution in [0.5, 0.6) is 6.01 Å². The standard InChI is InChI=1S/C26H34BrClFN5O3/c1-25(2,3)37-24(35)34-14-26(15-34)7-10-33(11-8-26)22-17-12-18(28)19(27)20(29)21(17)30-23(31-22)36-13-16-6-5-9-32(16)4/h12,16H,5-11,13-15H2,1-4H3/t16-/m0/s1. The number of anilines is 1. The van der Waals surface area contributed by atoms with E-state index >= 15 is 4.39 Å². The summed E-state index contributed by atoms with van der Waals surface area (Å²) in [6.45, 7) is 9.98. The number of benzene rings is 1. The monoisotopic (exact) mass is 597 g/mol. The highest BCUT2D eigenvalue weighted by Crippen LogP contribution is 2.43. The molecule has 11 heteroatoms. The van der Waals surface area contributed by atoms with Crippen molar-refractivity contribution in [3.05, 3.63) is 21.4 Å². The summed E-state index contributed by atoms with van der Waals surface area (Å²) in [5, 5.41) is 0.840. The molecule has 3 saturated heterocycles. The number of ether oxygens (including phenoxy) is 2. The lowest BCUT2D eigenvalue weighted by atomic mass is 9.72. The van der Waals surface area contributed by atoms with E-state index in [1.807, 2.05) is 20.8 Å². The maximum absolute atomic E-state index is 15.3. The largest absolute Gasteiger partial charge is 0.462 e. The van der Waals surface area contributed by atoms with Crippen LogP contribution in [0.25, 0.3) is 10.9 Å². The second kappa shape index (κ2) is 10.0. The molecule has 2 aromatic rings. The summed E-state index contributed by atoms with van der Waals surface area (Å²) in [5.41, 5.74) is -0.235. The number of amides is 1. The first-order chi connectivity index (χ1) is 17.4. The van der Waals surface area contributed by atoms with E-state index in [1.165, 1.54) is 0 Å². The van der Waals surface area contributed by atoms with E-state index < -0.39 is 11.4 Å². The molecule has 1 aromatic carbocycles. The van der Waals surface area contributed by atoms with E-state index in [2.05, 4.69) is 37.8 Å². The average Bonchev–Trinajstić information content (AvgIpc) is 3.23. The van der Waals surface area contributed by atoms with Crippen molar-refractivity contribution in [1.82, 2.24) is 19.8 Å². The number of likely N-dealkylation sites (N-methyl/N-ethyl adjacent to an activating group) is 1. The van der Waals surface area contributed by atoms with Crippen LogP contribution in [-0.2, 0) is 4.74 Å². The molecular weight excluding hydrogens is 565 g/mol. The summed E-state index contributed by atoms with van der Waals surface area (Å²) in [6.07, 6.45) is 3.73. The second-order valence-corrected chi connectivity index (χ2v) is 12.8. The van der Waals surface area contributed by atoms with Crippen molar-refractivity contribution < 1.29 is 18.7 Å². The van der Waals surface area contributed by atoms with Crippen LogP contribution >= 0.6 is 27.5 Å². The van der Waals surface area contributed by atoms with Crippen LogP contribution in [0.4, 0.5) is 15.0 Å². The second-order valence-electron chi connectivity index (χ2n) is 11.6. The molecule has 0 aliphatic carbocycles. The zero-order chi connectivity index (χ0) is 26.5. The summed E-state index contributed by atoms with van der Waals surface area (Å²) in [5.74, 6) is 0.112. The Morgan fingerprint density at radius 3 is 2.57 bits per heavy atom. The molecule has 1 aromatic heterocycles. The van der Waals surface area contributed by atoms with Gasteiger partial charge in [0.2, 0.25) is 0 Å². The quantitative estimate of drug-likeness (QED) is 0.431. The fourth-order valence-corrected chi connectivity index (χ4v) is 6.03. The fourth-order valence-electron chi connectivity index (χ4n) is 5.53. The molecule has 5 rings (SSSR count). The van der Waals surface area contributed by atoms with Crippen LogP contribution in [0.3, 0.4) is 0 Å². The van der Waals surface area contributed by atoms with Crippen molar-refractivity contribution >= 4 is 50.3 Å². The number of fused-ring (bicyclic) bond motifs is 1. The highest BCUT2D eigenvalue weighted by Gasteiger charge is 2.48. The number of likely N-dealkylation sites (tertiary alicyclic amines) is 2. The smallest absolute Gasteiger partial charge is 0.410 e. The van der Waals surface area contributed by atoms with Crippen molar-refractivity contribution in [3.63, 3.8) is 0 Å². The Morgan fingerprint density at radius 1 is 1.24 bits per heavy atom. The summed E-state index contributed by atoms with van der Waals surface area (Å²) in [7, 11) is 2.08. The highest BCUT2D eigenvalue weighted by molar-refractivity contribution is 9.10. The molecule has 202 valence electrons. The normalized spacial score (nSPS) is 22.0. The van der Waals surface area contributed by atoms with Gasteiger partial charge >= 0.3 is 12.1 Å². The first kappa shape index (κ1) is 26.7. The third-order valence-electron chi connectivity index (χ3n) is 7.69. The number of nitrogens with zero attached hydrogens (tertiary/aromatic N) is 5. The number of piperidine rings is 1. The minimum atomic E-state index is -0.519. The third-order valence-corrected chi connectivity index (χ3v) is 8.99. The maximum atomic E-state index is 15.3. The summed E-state index contributed by atoms with van der Waals surface area (Å²) in [4.78, 5) is 27.8. The van der Waals surface area contributed by atoms with Crippen molar-refractivity contribution in [2.24, 2.45) is 5.41 Å². The molecule has 1 atom stereocenters. The van der Waals surface area contributed by atoms with Crippen molar-refractivity contribution in [2.45, 2.75) is 58.1 Å². The lowest BCUT2D eigenvalue weighted by molar-refractivity contribution is -0.0434. The van der Waals surface area contributed by atoms with Gasteiger partial charge in [0.25, 0.3) is 0 Å². The zero-order valence-corrected chi connectivity index (χ0v) is 24.2. The first-order valence-corrected chi connectivity index (χ1v) is 14.0. The van der Waals surface area contributed by atoms with E-state index in [1.54, 1.807) is 11.0 Å². The topological polar surface area (TPSA) is 71.0 Å². The van der Waals surface area contributed by atoms with Gasteiger partial charge in [-0.3, -0.25) is 0 Å². The van der Waals surface area contributed by atoms with Gasteiger partial charge in [-0.1, -0.05) is 11.6 Å². The number of carbonyl (C=O) groups is 1. The minimum absolute atomic E-state index is 0.0779. The molecule has 37 heavy (non-hydrogen) atoms. The molecule has 3 aliphatic rings. The molecule has 3 aliphatic heterocycles. The molecule has 0 radical (unpaired) electrons. The van der Waals surface area contributed by atoms with Crippen LogP contribution in [0.15, 0.2) is 10.5 Å². The van der Waals surface area contributed by atoms with Gasteiger partial charge in [0.1, 0.15) is 23.5 Å². The van der Waals surface area contributed by atoms with Crippen molar-refractivity contribution in [3.8, 4) is 6.01 Å². The van der Waals surface area contributed by atoms with Gasteiger partial charge in [0.05, 0.1) is 9.50 Å². The summed E-state index contributed by atoms with van der Waals surface area (Å²) < 4.78 is 27.0. The molecule has 8 nitrogen and oxygen atoms in total. The van der Waals surface area contributed by atoms with E-state index in [0.717, 1.165) is 45.3 Å². The Balaban J connectivity index is 1.34. The Kier molecular flexibility index (Phi) is 7.21. The molecule has 0 unspecified atom stereocenters. The van der Waals surface area contributed by atoms with Crippen LogP contribution < -0.4 is 9.64 Å². The fraction of sp³-hybridized carbons (Fsp3) is 0.654. The predicted octanol–water partition coefficient (Wildman–Crippen LogP) is 5.50. The molecular formula is C26H34BrClFN5O3. The van der Waals surface area contributed by atoms with Gasteiger partial charge in [-0.25, -0.2) is 9.18 Å². The molecule has 1 amide bonds. The van der Waals surface area contributed by atoms with Gasteiger partial charge in [0.15, 0.2) is 5.82 Å². The highest BCUT2D eigenvalue weighted by atomic mass is 79.9. The lowest BCUT2D eigenvalue weighted by Crippen LogP contribution is -2.62. The number of rotatable bonds is 4. The average molecular weight is 599 g/mol. The zero-order valence-electron chi connectivity index (χ0n) is 21.8. The number of hydrogen-bond donors (Lipinski definition) is 0. The molecule has 3 fully saturated rings. The number of halogens is 3. The van der Waals surface area contributed by atoms with Crippen LogP contribution in [0.1, 0.15) is 46.5 Å². The Morgan fingerprint density at radius 2 is 1.95 bits per heavy atom. The van der Waals surface area contributed by atoms with E-state index in [0.29, 0.717) is 36.9 Å². The van der Waals surface area contributed by atoms with Gasteiger partial charge in [0, 0.05) is 43.0 Å². The van der Waals surface area contributed by atoms with E-state index in [9.17, 15) is 4.79 Å². The number of aromatic nitrogens is 2. The third kappa shape index (κ3) is 5.47. The molecule has 1 spiro atoms. The Labute approximate surface area is 230 Å². The Bertz CT molecular complexity index is 1190. The predicted molar refractivity (Wildman–Crippen MR) is 145 cm³/mol. The number of hydrogen-bond acceptors (Lipinski definition) is 7. The summed E-state index contributed by atoms with van der Waals surface area (Å²) in [6, 6.07) is 2.19. The SMILES string of the molecule is CN1CCC[C@H]1COc1nc(N2CCC3(CC2)CN(C(=O)OC(C)(C)C)C3)c2cc(Cl)c(Br)c(F)c2n1. The van der Waals surface area contributed by atoms with Crippen LogP contribution in [0, 0.1) is 11.2 Å². The maximum Gasteiger partial charge on any atom is 0.410 e. The minimum Gasteiger partial charge on any atom is -0.462 e. The molecule has 0 N–H and O–H groups in total. The van der Waals surface area contributed by atoms with Gasteiger partial charge in [-0.2, -0.15) is 9.97 Å². The van der Waals surface area contributed by atoms with Crippen molar-refractivity contribution in [2.75, 3.05) is 51.3 Å². The number of carbonyl (C=O) groups excluding carboxylic acids is 1. The van der Waals surface area contributed by atoms with Gasteiger partial charge in [-0.15, -0.1) is 0 Å². The van der Waals surface area contributed by atoms with E-state index in [-0.39, 0.29) is 32.5 Å². The first-order valence-electron chi connectivity index (χ1n) is 12.9. The van der Waals surface area contributed by atoms with Crippen LogP contribution in [0.2, 0.25) is 5.02 Å². The van der Waals surface area contributed by atoms with Gasteiger partial charge in [-0.05, 0) is 82.0 Å². The van der Waals surface area contributed by atoms with Crippen LogP contribution in [-0.4, -0.2) is 83.9 Å². The molecule has 0 bridgehead atoms. The van der Waals surface area contributed by atoms with Crippen molar-refractivity contribution in [1.29, 1.82) is 0 Å². The summed E-state index contributed by atoms with van der Waals surface area (Å²) >= 11 is 9.57. The molecule has 0 saturated carbocycles. The van der Waals surface area contributed by atoms with Gasteiger partial charge < -0.3 is 24.2 Å².